The van der Waals surface area contributed by atoms with Crippen LogP contribution in [0.25, 0.3) is 5.69 Å². The Balaban J connectivity index is 1.78. The summed E-state index contributed by atoms with van der Waals surface area (Å²) in [4.78, 5) is 27.9. The molecular weight excluding hydrogens is 497 g/mol. The molecule has 3 amide bonds. The van der Waals surface area contributed by atoms with Crippen LogP contribution in [0, 0.1) is 0 Å². The molecule has 36 heavy (non-hydrogen) atoms. The van der Waals surface area contributed by atoms with E-state index in [1.165, 1.54) is 6.42 Å². The molecule has 1 aliphatic carbocycles. The molecule has 0 unspecified atom stereocenters. The second kappa shape index (κ2) is 12.8. The van der Waals surface area contributed by atoms with Crippen LogP contribution in [0.2, 0.25) is 10.0 Å². The van der Waals surface area contributed by atoms with Gasteiger partial charge in [0.25, 0.3) is 0 Å². The number of unbranched alkanes of at least 4 members (excludes halogenated alkanes) is 2. The molecule has 0 aliphatic heterocycles. The smallest absolute Gasteiger partial charge is 0.318 e. The number of carbonyl (C=O) groups is 2. The number of halogens is 2. The molecule has 0 saturated heterocycles. The van der Waals surface area contributed by atoms with Gasteiger partial charge in [-0.2, -0.15) is 5.10 Å². The lowest BCUT2D eigenvalue weighted by molar-refractivity contribution is -0.116. The van der Waals surface area contributed by atoms with Crippen molar-refractivity contribution in [2.45, 2.75) is 90.5 Å². The van der Waals surface area contributed by atoms with E-state index in [1.807, 2.05) is 6.07 Å². The van der Waals surface area contributed by atoms with E-state index in [-0.39, 0.29) is 29.9 Å². The molecule has 0 atom stereocenters. The lowest BCUT2D eigenvalue weighted by Gasteiger charge is -2.28. The first-order valence-electron chi connectivity index (χ1n) is 13.0. The topological polar surface area (TPSA) is 79.3 Å². The van der Waals surface area contributed by atoms with Gasteiger partial charge in [-0.1, -0.05) is 83.0 Å². The van der Waals surface area contributed by atoms with E-state index in [0.29, 0.717) is 28.1 Å². The Kier molecular flexibility index (Phi) is 10.1. The van der Waals surface area contributed by atoms with Gasteiger partial charge >= 0.3 is 6.03 Å². The molecule has 2 aromatic rings. The van der Waals surface area contributed by atoms with Crippen molar-refractivity contribution in [2.24, 2.45) is 0 Å². The molecule has 0 bridgehead atoms. The zero-order chi connectivity index (χ0) is 26.3. The maximum atomic E-state index is 13.2. The highest BCUT2D eigenvalue weighted by molar-refractivity contribution is 6.42. The number of rotatable bonds is 9. The molecule has 1 aromatic carbocycles. The average molecular weight is 537 g/mol. The Labute approximate surface area is 224 Å². The van der Waals surface area contributed by atoms with Crippen LogP contribution in [0.4, 0.5) is 10.6 Å². The third-order valence-electron chi connectivity index (χ3n) is 6.48. The number of nitrogens with one attached hydrogen (secondary N) is 2. The maximum Gasteiger partial charge on any atom is 0.318 e. The van der Waals surface area contributed by atoms with Crippen molar-refractivity contribution in [3.05, 3.63) is 40.0 Å². The van der Waals surface area contributed by atoms with E-state index in [9.17, 15) is 9.59 Å². The van der Waals surface area contributed by atoms with E-state index < -0.39 is 0 Å². The molecule has 1 aliphatic rings. The summed E-state index contributed by atoms with van der Waals surface area (Å²) in [5, 5.41) is 11.7. The van der Waals surface area contributed by atoms with Crippen molar-refractivity contribution in [3.63, 3.8) is 0 Å². The average Bonchev–Trinajstić information content (AvgIpc) is 3.25. The Hall–Kier alpha value is -2.25. The van der Waals surface area contributed by atoms with Crippen LogP contribution < -0.4 is 10.6 Å². The van der Waals surface area contributed by atoms with E-state index in [0.717, 1.165) is 50.6 Å². The summed E-state index contributed by atoms with van der Waals surface area (Å²) >= 11 is 12.4. The Morgan fingerprint density at radius 3 is 2.44 bits per heavy atom. The van der Waals surface area contributed by atoms with Crippen molar-refractivity contribution in [2.75, 3.05) is 18.4 Å². The van der Waals surface area contributed by atoms with Gasteiger partial charge in [0.2, 0.25) is 5.91 Å². The third kappa shape index (κ3) is 7.87. The van der Waals surface area contributed by atoms with Gasteiger partial charge in [-0.05, 0) is 37.5 Å². The van der Waals surface area contributed by atoms with Crippen LogP contribution >= 0.6 is 23.2 Å². The monoisotopic (exact) mass is 535 g/mol. The fourth-order valence-corrected chi connectivity index (χ4v) is 4.62. The standard InChI is InChI=1S/C27H39Cl2N5O2/c1-5-6-10-15-33(26(36)30-19-11-8-7-9-12-19)18-25(35)31-24-17-23(27(2,3)4)32-34(24)20-13-14-21(28)22(29)16-20/h13-14,16-17,19H,5-12,15,18H2,1-4H3,(H,30,36)(H,31,35). The molecule has 3 rings (SSSR count). The zero-order valence-corrected chi connectivity index (χ0v) is 23.4. The largest absolute Gasteiger partial charge is 0.335 e. The molecule has 1 heterocycles. The number of anilines is 1. The number of carbonyl (C=O) groups excluding carboxylic acids is 2. The number of urea groups is 1. The third-order valence-corrected chi connectivity index (χ3v) is 7.22. The molecule has 1 fully saturated rings. The number of hydrogen-bond donors (Lipinski definition) is 2. The molecule has 198 valence electrons. The van der Waals surface area contributed by atoms with Crippen LogP contribution in [0.15, 0.2) is 24.3 Å². The van der Waals surface area contributed by atoms with Crippen molar-refractivity contribution < 1.29 is 9.59 Å². The highest BCUT2D eigenvalue weighted by Gasteiger charge is 2.24. The number of aromatic nitrogens is 2. The summed E-state index contributed by atoms with van der Waals surface area (Å²) in [7, 11) is 0. The van der Waals surface area contributed by atoms with Crippen molar-refractivity contribution in [3.8, 4) is 5.69 Å². The molecular formula is C27H39Cl2N5O2. The lowest BCUT2D eigenvalue weighted by atomic mass is 9.92. The molecule has 0 radical (unpaired) electrons. The van der Waals surface area contributed by atoms with E-state index >= 15 is 0 Å². The van der Waals surface area contributed by atoms with Crippen LogP contribution in [-0.2, 0) is 10.2 Å². The van der Waals surface area contributed by atoms with Crippen LogP contribution in [-0.4, -0.2) is 45.8 Å². The van der Waals surface area contributed by atoms with Gasteiger partial charge in [-0.3, -0.25) is 4.79 Å². The fourth-order valence-electron chi connectivity index (χ4n) is 4.32. The minimum absolute atomic E-state index is 0.0281. The number of hydrogen-bond acceptors (Lipinski definition) is 3. The van der Waals surface area contributed by atoms with Crippen LogP contribution in [0.3, 0.4) is 0 Å². The van der Waals surface area contributed by atoms with Gasteiger partial charge in [0.15, 0.2) is 0 Å². The van der Waals surface area contributed by atoms with E-state index in [2.05, 4.69) is 38.3 Å². The van der Waals surface area contributed by atoms with Crippen molar-refractivity contribution in [1.82, 2.24) is 20.0 Å². The first-order chi connectivity index (χ1) is 17.1. The molecule has 1 saturated carbocycles. The van der Waals surface area contributed by atoms with Crippen molar-refractivity contribution >= 4 is 41.0 Å². The van der Waals surface area contributed by atoms with Gasteiger partial charge in [0.1, 0.15) is 12.4 Å². The summed E-state index contributed by atoms with van der Waals surface area (Å²) in [6.07, 6.45) is 8.40. The minimum Gasteiger partial charge on any atom is -0.335 e. The van der Waals surface area contributed by atoms with Crippen LogP contribution in [0.5, 0.6) is 0 Å². The first-order valence-corrected chi connectivity index (χ1v) is 13.8. The van der Waals surface area contributed by atoms with Gasteiger partial charge in [0, 0.05) is 24.1 Å². The lowest BCUT2D eigenvalue weighted by Crippen LogP contribution is -2.48. The minimum atomic E-state index is -0.271. The van der Waals surface area contributed by atoms with Gasteiger partial charge in [0.05, 0.1) is 21.4 Å². The van der Waals surface area contributed by atoms with Crippen molar-refractivity contribution in [1.29, 1.82) is 0 Å². The van der Waals surface area contributed by atoms with Gasteiger partial charge in [-0.15, -0.1) is 0 Å². The van der Waals surface area contributed by atoms with Gasteiger partial charge in [-0.25, -0.2) is 9.48 Å². The SMILES string of the molecule is CCCCCN(CC(=O)Nc1cc(C(C)(C)C)nn1-c1ccc(Cl)c(Cl)c1)C(=O)NC1CCCCC1. The quantitative estimate of drug-likeness (QED) is 0.341. The van der Waals surface area contributed by atoms with Gasteiger partial charge < -0.3 is 15.5 Å². The highest BCUT2D eigenvalue weighted by atomic mass is 35.5. The molecule has 2 N–H and O–H groups in total. The maximum absolute atomic E-state index is 13.2. The zero-order valence-electron chi connectivity index (χ0n) is 21.9. The summed E-state index contributed by atoms with van der Waals surface area (Å²) in [6, 6.07) is 7.11. The van der Waals surface area contributed by atoms with E-state index in [4.69, 9.17) is 28.3 Å². The Bertz CT molecular complexity index is 1040. The Morgan fingerprint density at radius 1 is 1.08 bits per heavy atom. The highest BCUT2D eigenvalue weighted by Crippen LogP contribution is 2.29. The molecule has 7 nitrogen and oxygen atoms in total. The molecule has 9 heteroatoms. The first kappa shape index (κ1) is 28.3. The summed E-state index contributed by atoms with van der Waals surface area (Å²) in [5.41, 5.74) is 1.27. The Morgan fingerprint density at radius 2 is 1.81 bits per heavy atom. The summed E-state index contributed by atoms with van der Waals surface area (Å²) in [5.74, 6) is 0.247. The molecule has 1 aromatic heterocycles. The predicted molar refractivity (Wildman–Crippen MR) is 147 cm³/mol. The fraction of sp³-hybridized carbons (Fsp3) is 0.593. The summed E-state index contributed by atoms with van der Waals surface area (Å²) < 4.78 is 1.66. The summed E-state index contributed by atoms with van der Waals surface area (Å²) in [6.45, 7) is 8.82. The van der Waals surface area contributed by atoms with E-state index in [1.54, 1.807) is 27.8 Å². The predicted octanol–water partition coefficient (Wildman–Crippen LogP) is 6.95. The normalized spacial score (nSPS) is 14.5. The number of nitrogens with zero attached hydrogens (tertiary/aromatic N) is 3. The molecule has 0 spiro atoms. The number of amides is 3. The second-order valence-corrected chi connectivity index (χ2v) is 11.5. The second-order valence-electron chi connectivity index (χ2n) is 10.6. The number of benzene rings is 1. The van der Waals surface area contributed by atoms with Crippen LogP contribution in [0.1, 0.15) is 84.8 Å².